The molecule has 0 aliphatic heterocycles. The van der Waals surface area contributed by atoms with Crippen LogP contribution in [-0.4, -0.2) is 27.1 Å². The minimum absolute atomic E-state index is 0.0949. The fourth-order valence-corrected chi connectivity index (χ4v) is 4.98. The minimum Gasteiger partial charge on any atom is -0.322 e. The van der Waals surface area contributed by atoms with Gasteiger partial charge < -0.3 is 5.32 Å². The van der Waals surface area contributed by atoms with E-state index in [-0.39, 0.29) is 16.5 Å². The summed E-state index contributed by atoms with van der Waals surface area (Å²) in [6.45, 7) is 1.97. The number of carbonyl (C=O) groups is 1. The molecule has 0 bridgehead atoms. The van der Waals surface area contributed by atoms with Crippen molar-refractivity contribution in [2.75, 3.05) is 22.4 Å². The lowest BCUT2D eigenvalue weighted by atomic mass is 10.2. The van der Waals surface area contributed by atoms with Gasteiger partial charge in [0.1, 0.15) is 5.82 Å². The third-order valence-corrected chi connectivity index (χ3v) is 7.48. The Morgan fingerprint density at radius 2 is 1.71 bits per heavy atom. The second-order valence-electron chi connectivity index (χ2n) is 6.48. The first-order chi connectivity index (χ1) is 14.8. The zero-order valence-corrected chi connectivity index (χ0v) is 19.2. The number of nitrogens with zero attached hydrogens (tertiary/aromatic N) is 1. The van der Waals surface area contributed by atoms with Crippen molar-refractivity contribution in [2.45, 2.75) is 16.7 Å². The Morgan fingerprint density at radius 3 is 2.26 bits per heavy atom. The van der Waals surface area contributed by atoms with Crippen LogP contribution in [-0.2, 0) is 10.0 Å². The van der Waals surface area contributed by atoms with Crippen LogP contribution in [0, 0.1) is 5.82 Å². The molecule has 1 N–H and O–H groups in total. The van der Waals surface area contributed by atoms with Crippen LogP contribution in [0.25, 0.3) is 0 Å². The van der Waals surface area contributed by atoms with Gasteiger partial charge in [-0.05, 0) is 79.9 Å². The van der Waals surface area contributed by atoms with E-state index in [4.69, 9.17) is 11.6 Å². The van der Waals surface area contributed by atoms with Crippen LogP contribution in [0.2, 0.25) is 5.02 Å². The smallest absolute Gasteiger partial charge is 0.264 e. The van der Waals surface area contributed by atoms with Crippen LogP contribution >= 0.6 is 23.4 Å². The maximum Gasteiger partial charge on any atom is 0.264 e. The van der Waals surface area contributed by atoms with Crippen LogP contribution < -0.4 is 9.62 Å². The first kappa shape index (κ1) is 23.1. The van der Waals surface area contributed by atoms with Crippen LogP contribution in [0.3, 0.4) is 0 Å². The lowest BCUT2D eigenvalue weighted by Gasteiger charge is -2.23. The van der Waals surface area contributed by atoms with Crippen molar-refractivity contribution in [3.05, 3.63) is 83.1 Å². The van der Waals surface area contributed by atoms with E-state index in [1.165, 1.54) is 40.3 Å². The van der Waals surface area contributed by atoms with E-state index >= 15 is 0 Å². The van der Waals surface area contributed by atoms with Crippen LogP contribution in [0.15, 0.2) is 76.5 Å². The number of thioether (sulfide) groups is 1. The summed E-state index contributed by atoms with van der Waals surface area (Å²) in [5.74, 6) is -0.999. The Balaban J connectivity index is 1.80. The van der Waals surface area contributed by atoms with Crippen molar-refractivity contribution in [3.8, 4) is 0 Å². The maximum atomic E-state index is 13.3. The highest BCUT2D eigenvalue weighted by molar-refractivity contribution is 7.98. The topological polar surface area (TPSA) is 66.5 Å². The number of carbonyl (C=O) groups excluding carboxylic acids is 1. The summed E-state index contributed by atoms with van der Waals surface area (Å²) in [4.78, 5) is 13.6. The molecule has 0 saturated heterocycles. The number of hydrogen-bond donors (Lipinski definition) is 1. The van der Waals surface area contributed by atoms with Gasteiger partial charge in [0, 0.05) is 22.7 Å². The van der Waals surface area contributed by atoms with Gasteiger partial charge in [0.05, 0.1) is 15.6 Å². The molecule has 0 aromatic heterocycles. The van der Waals surface area contributed by atoms with Gasteiger partial charge >= 0.3 is 0 Å². The molecule has 0 heterocycles. The Kier molecular flexibility index (Phi) is 7.25. The Morgan fingerprint density at radius 1 is 1.06 bits per heavy atom. The molecule has 0 saturated carbocycles. The van der Waals surface area contributed by atoms with Gasteiger partial charge in [-0.15, -0.1) is 11.8 Å². The molecule has 31 heavy (non-hydrogen) atoms. The molecule has 5 nitrogen and oxygen atoms in total. The van der Waals surface area contributed by atoms with Gasteiger partial charge in [-0.3, -0.25) is 9.10 Å². The van der Waals surface area contributed by atoms with E-state index in [0.717, 1.165) is 11.0 Å². The fraction of sp³-hybridized carbons (Fsp3) is 0.136. The van der Waals surface area contributed by atoms with Crippen molar-refractivity contribution < 1.29 is 17.6 Å². The van der Waals surface area contributed by atoms with E-state index < -0.39 is 21.7 Å². The first-order valence-electron chi connectivity index (χ1n) is 9.29. The molecule has 1 amide bonds. The third kappa shape index (κ3) is 5.20. The summed E-state index contributed by atoms with van der Waals surface area (Å²) < 4.78 is 40.7. The number of hydrogen-bond acceptors (Lipinski definition) is 4. The average Bonchev–Trinajstić information content (AvgIpc) is 2.77. The van der Waals surface area contributed by atoms with E-state index in [9.17, 15) is 17.6 Å². The van der Waals surface area contributed by atoms with Crippen LogP contribution in [0.4, 0.5) is 15.8 Å². The second-order valence-corrected chi connectivity index (χ2v) is 9.62. The van der Waals surface area contributed by atoms with Gasteiger partial charge in [-0.1, -0.05) is 11.6 Å². The number of benzene rings is 3. The quantitative estimate of drug-likeness (QED) is 0.444. The second kappa shape index (κ2) is 9.72. The highest BCUT2D eigenvalue weighted by Gasteiger charge is 2.23. The van der Waals surface area contributed by atoms with Gasteiger partial charge in [0.15, 0.2) is 0 Å². The summed E-state index contributed by atoms with van der Waals surface area (Å²) in [5, 5.41) is 2.54. The lowest BCUT2D eigenvalue weighted by Crippen LogP contribution is -2.30. The molecule has 3 aromatic carbocycles. The molecule has 0 fully saturated rings. The maximum absolute atomic E-state index is 13.3. The molecule has 3 aromatic rings. The van der Waals surface area contributed by atoms with E-state index in [0.29, 0.717) is 16.9 Å². The molecular formula is C22H20ClFN2O3S2. The summed E-state index contributed by atoms with van der Waals surface area (Å²) in [6.07, 6.45) is 1.92. The van der Waals surface area contributed by atoms with Crippen LogP contribution in [0.5, 0.6) is 0 Å². The molecule has 162 valence electrons. The standard InChI is InChI=1S/C22H20ClFN2O3S2/c1-3-26(31(28,29)19-11-9-18(30-2)10-12-19)17-7-4-15(5-8-17)22(27)25-16-6-13-21(24)20(23)14-16/h4-14H,3H2,1-2H3,(H,25,27). The molecule has 0 aliphatic rings. The normalized spacial score (nSPS) is 11.2. The highest BCUT2D eigenvalue weighted by Crippen LogP contribution is 2.26. The number of halogens is 2. The zero-order chi connectivity index (χ0) is 22.6. The van der Waals surface area contributed by atoms with Crippen molar-refractivity contribution >= 4 is 50.7 Å². The number of amides is 1. The van der Waals surface area contributed by atoms with Gasteiger partial charge in [-0.2, -0.15) is 0 Å². The monoisotopic (exact) mass is 478 g/mol. The van der Waals surface area contributed by atoms with Gasteiger partial charge in [0.25, 0.3) is 15.9 Å². The molecule has 3 rings (SSSR count). The van der Waals surface area contributed by atoms with Crippen molar-refractivity contribution in [2.24, 2.45) is 0 Å². The highest BCUT2D eigenvalue weighted by atomic mass is 35.5. The lowest BCUT2D eigenvalue weighted by molar-refractivity contribution is 0.102. The Hall–Kier alpha value is -2.55. The largest absolute Gasteiger partial charge is 0.322 e. The third-order valence-electron chi connectivity index (χ3n) is 4.53. The summed E-state index contributed by atoms with van der Waals surface area (Å²) in [7, 11) is -3.75. The number of nitrogens with one attached hydrogen (secondary N) is 1. The zero-order valence-electron chi connectivity index (χ0n) is 16.8. The first-order valence-corrected chi connectivity index (χ1v) is 12.3. The van der Waals surface area contributed by atoms with Crippen molar-refractivity contribution in [1.29, 1.82) is 0 Å². The predicted molar refractivity (Wildman–Crippen MR) is 124 cm³/mol. The summed E-state index contributed by atoms with van der Waals surface area (Å²) in [6, 6.07) is 16.8. The molecule has 9 heteroatoms. The molecule has 0 spiro atoms. The van der Waals surface area contributed by atoms with E-state index in [2.05, 4.69) is 5.32 Å². The minimum atomic E-state index is -3.75. The van der Waals surface area contributed by atoms with Gasteiger partial charge in [0.2, 0.25) is 0 Å². The summed E-state index contributed by atoms with van der Waals surface area (Å²) in [5.41, 5.74) is 1.12. The molecule has 0 radical (unpaired) electrons. The fourth-order valence-electron chi connectivity index (χ4n) is 2.92. The average molecular weight is 479 g/mol. The van der Waals surface area contributed by atoms with Crippen molar-refractivity contribution in [3.63, 3.8) is 0 Å². The van der Waals surface area contributed by atoms with E-state index in [1.54, 1.807) is 43.3 Å². The SMILES string of the molecule is CCN(c1ccc(C(=O)Nc2ccc(F)c(Cl)c2)cc1)S(=O)(=O)c1ccc(SC)cc1. The summed E-state index contributed by atoms with van der Waals surface area (Å²) >= 11 is 7.27. The van der Waals surface area contributed by atoms with Crippen molar-refractivity contribution in [1.82, 2.24) is 0 Å². The molecule has 0 unspecified atom stereocenters. The number of rotatable bonds is 7. The molecule has 0 aliphatic carbocycles. The molecule has 0 atom stereocenters. The number of sulfonamides is 1. The van der Waals surface area contributed by atoms with E-state index in [1.807, 2.05) is 6.26 Å². The molecular weight excluding hydrogens is 459 g/mol. The Labute approximate surface area is 190 Å². The van der Waals surface area contributed by atoms with Gasteiger partial charge in [-0.25, -0.2) is 12.8 Å². The van der Waals surface area contributed by atoms with Crippen LogP contribution in [0.1, 0.15) is 17.3 Å². The number of anilines is 2. The Bertz CT molecular complexity index is 1180. The predicted octanol–water partition coefficient (Wildman–Crippen LogP) is 5.67.